The van der Waals surface area contributed by atoms with Crippen molar-refractivity contribution in [1.82, 2.24) is 33.2 Å². The van der Waals surface area contributed by atoms with Crippen molar-refractivity contribution in [2.24, 2.45) is 0 Å². The van der Waals surface area contributed by atoms with Gasteiger partial charge >= 0.3 is 0 Å². The van der Waals surface area contributed by atoms with E-state index >= 15 is 0 Å². The predicted octanol–water partition coefficient (Wildman–Crippen LogP) is 18.1. The van der Waals surface area contributed by atoms with Crippen molar-refractivity contribution in [2.45, 2.75) is 0 Å². The molecule has 17 rings (SSSR count). The Morgan fingerprint density at radius 2 is 0.500 bits per heavy atom. The minimum absolute atomic E-state index is 0.470. The second-order valence-corrected chi connectivity index (χ2v) is 21.0. The highest BCUT2D eigenvalue weighted by Gasteiger charge is 2.37. The second kappa shape index (κ2) is 17.8. The molecule has 0 unspecified atom stereocenters. The molecule has 0 bridgehead atoms. The molecule has 11 aromatic carbocycles. The average Bonchev–Trinajstić information content (AvgIpc) is 4.47. The molecule has 0 aliphatic heterocycles. The lowest BCUT2D eigenvalue weighted by atomic mass is 9.85. The molecule has 0 saturated carbocycles. The van der Waals surface area contributed by atoms with Gasteiger partial charge in [-0.15, -0.1) is 0 Å². The summed E-state index contributed by atoms with van der Waals surface area (Å²) >= 11 is 0. The number of hydrogen-bond acceptors (Lipinski definition) is 4. The maximum Gasteiger partial charge on any atom is 0.166 e. The predicted molar refractivity (Wildman–Crippen MR) is 335 cm³/mol. The SMILES string of the molecule is N#CC1=CC(c2c(-c3nc(-c4ccccc4)nc(-c4ccccc4)n3)c(-n3c4ccccc4c4ccccc43)c(-n3c4ccccc4c4ccccc43)c(-n3c4ccccc4c4ccccc43)c2-n2c3ccccc3c3ccccc32)=C1. The Bertz CT molecular complexity index is 5200. The molecular formula is C74H44N8. The Balaban J connectivity index is 1.25. The summed E-state index contributed by atoms with van der Waals surface area (Å²) in [6.07, 6.45) is 4.08. The zero-order valence-corrected chi connectivity index (χ0v) is 44.0. The van der Waals surface area contributed by atoms with Crippen molar-refractivity contribution >= 4 is 92.8 Å². The molecule has 1 aliphatic rings. The van der Waals surface area contributed by atoms with Crippen LogP contribution in [0.2, 0.25) is 0 Å². The van der Waals surface area contributed by atoms with Crippen molar-refractivity contribution in [3.63, 3.8) is 0 Å². The second-order valence-electron chi connectivity index (χ2n) is 21.0. The summed E-state index contributed by atoms with van der Waals surface area (Å²) in [5, 5.41) is 19.7. The summed E-state index contributed by atoms with van der Waals surface area (Å²) in [5.74, 6) is 1.53. The fourth-order valence-electron chi connectivity index (χ4n) is 13.2. The van der Waals surface area contributed by atoms with E-state index in [2.05, 4.69) is 243 Å². The zero-order chi connectivity index (χ0) is 54.0. The maximum absolute atomic E-state index is 10.8. The number of aromatic nitrogens is 7. The molecule has 0 fully saturated rings. The first-order valence-electron chi connectivity index (χ1n) is 27.6. The van der Waals surface area contributed by atoms with Crippen LogP contribution in [-0.2, 0) is 0 Å². The molecule has 0 atom stereocenters. The monoisotopic (exact) mass is 1040 g/mol. The maximum atomic E-state index is 10.8. The van der Waals surface area contributed by atoms with Crippen LogP contribution in [0.1, 0.15) is 5.56 Å². The van der Waals surface area contributed by atoms with Crippen LogP contribution in [0.25, 0.3) is 150 Å². The number of hydrogen-bond donors (Lipinski definition) is 0. The Morgan fingerprint density at radius 1 is 0.256 bits per heavy atom. The molecule has 82 heavy (non-hydrogen) atoms. The molecule has 5 aromatic heterocycles. The fourth-order valence-corrected chi connectivity index (χ4v) is 13.2. The van der Waals surface area contributed by atoms with Crippen LogP contribution in [0.3, 0.4) is 0 Å². The van der Waals surface area contributed by atoms with Crippen LogP contribution in [0.5, 0.6) is 0 Å². The molecule has 8 nitrogen and oxygen atoms in total. The summed E-state index contributed by atoms with van der Waals surface area (Å²) in [7, 11) is 0. The zero-order valence-electron chi connectivity index (χ0n) is 44.0. The highest BCUT2D eigenvalue weighted by molar-refractivity contribution is 6.18. The molecule has 380 valence electrons. The van der Waals surface area contributed by atoms with Crippen molar-refractivity contribution in [1.29, 1.82) is 5.26 Å². The Kier molecular flexibility index (Phi) is 9.91. The molecule has 0 amide bonds. The van der Waals surface area contributed by atoms with Gasteiger partial charge in [0.25, 0.3) is 0 Å². The highest BCUT2D eigenvalue weighted by Crippen LogP contribution is 2.54. The molecule has 1 aliphatic carbocycles. The molecule has 0 saturated heterocycles. The van der Waals surface area contributed by atoms with Gasteiger partial charge in [-0.3, -0.25) is 0 Å². The lowest BCUT2D eigenvalue weighted by Crippen LogP contribution is -2.18. The number of fused-ring (bicyclic) bond motifs is 12. The third-order valence-corrected chi connectivity index (χ3v) is 16.6. The van der Waals surface area contributed by atoms with Crippen LogP contribution >= 0.6 is 0 Å². The van der Waals surface area contributed by atoms with E-state index in [1.807, 2.05) is 48.6 Å². The van der Waals surface area contributed by atoms with E-state index in [0.717, 1.165) is 138 Å². The van der Waals surface area contributed by atoms with E-state index in [4.69, 9.17) is 15.0 Å². The third kappa shape index (κ3) is 6.56. The largest absolute Gasteiger partial charge is 0.306 e. The van der Waals surface area contributed by atoms with Gasteiger partial charge in [0, 0.05) is 59.8 Å². The van der Waals surface area contributed by atoms with E-state index in [0.29, 0.717) is 23.0 Å². The first-order valence-corrected chi connectivity index (χ1v) is 27.6. The number of para-hydroxylation sites is 8. The molecule has 0 spiro atoms. The van der Waals surface area contributed by atoms with Crippen molar-refractivity contribution in [2.75, 3.05) is 0 Å². The minimum atomic E-state index is 0.470. The lowest BCUT2D eigenvalue weighted by Gasteiger charge is -2.32. The molecule has 0 radical (unpaired) electrons. The van der Waals surface area contributed by atoms with Crippen molar-refractivity contribution in [3.05, 3.63) is 278 Å². The van der Waals surface area contributed by atoms with Crippen LogP contribution < -0.4 is 0 Å². The fraction of sp³-hybridized carbons (Fsp3) is 0. The molecule has 0 N–H and O–H groups in total. The van der Waals surface area contributed by atoms with Gasteiger partial charge in [-0.25, -0.2) is 15.0 Å². The summed E-state index contributed by atoms with van der Waals surface area (Å²) in [6, 6.07) is 93.1. The summed E-state index contributed by atoms with van der Waals surface area (Å²) in [6.45, 7) is 0. The van der Waals surface area contributed by atoms with Gasteiger partial charge in [-0.05, 0) is 66.3 Å². The quantitative estimate of drug-likeness (QED) is 0.152. The minimum Gasteiger partial charge on any atom is -0.306 e. The van der Waals surface area contributed by atoms with Crippen molar-refractivity contribution in [3.8, 4) is 63.0 Å². The van der Waals surface area contributed by atoms with E-state index in [1.54, 1.807) is 0 Å². The first kappa shape index (κ1) is 45.6. The molecule has 8 heteroatoms. The lowest BCUT2D eigenvalue weighted by molar-refractivity contribution is 1.01. The van der Waals surface area contributed by atoms with Crippen LogP contribution in [-0.4, -0.2) is 33.2 Å². The van der Waals surface area contributed by atoms with Crippen LogP contribution in [0, 0.1) is 11.3 Å². The summed E-state index contributed by atoms with van der Waals surface area (Å²) < 4.78 is 9.97. The van der Waals surface area contributed by atoms with E-state index < -0.39 is 0 Å². The third-order valence-electron chi connectivity index (χ3n) is 16.6. The molecule has 5 heterocycles. The Morgan fingerprint density at radius 3 is 0.793 bits per heavy atom. The van der Waals surface area contributed by atoms with E-state index in [9.17, 15) is 5.26 Å². The number of nitriles is 1. The van der Waals surface area contributed by atoms with Crippen LogP contribution in [0.4, 0.5) is 0 Å². The smallest absolute Gasteiger partial charge is 0.166 e. The first-order chi connectivity index (χ1) is 40.7. The normalized spacial score (nSPS) is 12.5. The molecular weight excluding hydrogens is 1000 g/mol. The number of benzene rings is 11. The van der Waals surface area contributed by atoms with Crippen LogP contribution in [0.15, 0.2) is 273 Å². The van der Waals surface area contributed by atoms with E-state index in [-0.39, 0.29) is 0 Å². The highest BCUT2D eigenvalue weighted by atomic mass is 15.2. The number of rotatable bonds is 8. The standard InChI is InChI=1S/C74H44N8/c75-45-46-43-49(44-46)66-67(74-77-72(47-23-3-1-4-24-47)76-73(78-74)48-25-5-2-6-26-48)69(80-60-37-17-9-29-52(60)53-30-10-18-38-61(53)80)71(82-64-41-21-13-33-56(64)57-34-14-22-42-65(57)82)70(81-62-39-19-11-31-54(62)55-32-12-20-40-63(55)81)68(66)79-58-35-15-7-27-50(58)51-28-8-16-36-59(51)79/h1-44H. The average molecular weight is 1050 g/mol. The Labute approximate surface area is 469 Å². The summed E-state index contributed by atoms with van der Waals surface area (Å²) in [5.41, 5.74) is 16.5. The van der Waals surface area contributed by atoms with Gasteiger partial charge in [-0.2, -0.15) is 5.26 Å². The molecule has 16 aromatic rings. The van der Waals surface area contributed by atoms with Crippen molar-refractivity contribution < 1.29 is 0 Å². The van der Waals surface area contributed by atoms with Gasteiger partial charge in [0.15, 0.2) is 17.5 Å². The topological polar surface area (TPSA) is 82.2 Å². The number of nitrogens with zero attached hydrogens (tertiary/aromatic N) is 8. The van der Waals surface area contributed by atoms with Gasteiger partial charge in [0.1, 0.15) is 0 Å². The summed E-state index contributed by atoms with van der Waals surface area (Å²) in [4.78, 5) is 16.9. The number of allylic oxidation sites excluding steroid dienone is 4. The van der Waals surface area contributed by atoms with Gasteiger partial charge in [0.05, 0.1) is 84.1 Å². The Hall–Kier alpha value is -11.4. The van der Waals surface area contributed by atoms with Gasteiger partial charge in [-0.1, -0.05) is 206 Å². The van der Waals surface area contributed by atoms with Gasteiger partial charge < -0.3 is 18.3 Å². The van der Waals surface area contributed by atoms with Gasteiger partial charge in [0.2, 0.25) is 0 Å². The van der Waals surface area contributed by atoms with E-state index in [1.165, 1.54) is 0 Å².